The SMILES string of the molecule is Cc1cccc(-n2c(C)cc([C@H]3[C@@H](c4ccccn4)NC(=S)N3Cc3ccccc3)c2C)c1. The molecule has 5 rings (SSSR count). The van der Waals surface area contributed by atoms with Crippen molar-refractivity contribution in [1.82, 2.24) is 19.8 Å². The standard InChI is InChI=1S/C28H28N4S/c1-19-10-9-13-23(16-19)32-20(2)17-24(21(32)3)27-26(25-14-7-8-15-29-25)30-28(33)31(27)18-22-11-5-4-6-12-22/h4-17,26-27H,18H2,1-3H3,(H,30,33)/t26-,27+/m1/s1. The fourth-order valence-corrected chi connectivity index (χ4v) is 5.25. The molecule has 0 bridgehead atoms. The van der Waals surface area contributed by atoms with Crippen LogP contribution in [0.5, 0.6) is 0 Å². The number of aryl methyl sites for hydroxylation is 2. The quantitative estimate of drug-likeness (QED) is 0.378. The van der Waals surface area contributed by atoms with Gasteiger partial charge in [-0.25, -0.2) is 0 Å². The molecule has 0 spiro atoms. The molecule has 4 aromatic rings. The van der Waals surface area contributed by atoms with E-state index in [9.17, 15) is 0 Å². The molecule has 2 aromatic heterocycles. The molecule has 5 heteroatoms. The van der Waals surface area contributed by atoms with Crippen molar-refractivity contribution in [2.45, 2.75) is 39.4 Å². The number of pyridine rings is 1. The van der Waals surface area contributed by atoms with E-state index >= 15 is 0 Å². The van der Waals surface area contributed by atoms with Crippen molar-refractivity contribution in [1.29, 1.82) is 0 Å². The fourth-order valence-electron chi connectivity index (χ4n) is 4.95. The molecule has 1 aliphatic rings. The summed E-state index contributed by atoms with van der Waals surface area (Å²) in [5.74, 6) is 0. The van der Waals surface area contributed by atoms with Gasteiger partial charge in [-0.05, 0) is 80.0 Å². The van der Waals surface area contributed by atoms with E-state index in [2.05, 4.69) is 101 Å². The summed E-state index contributed by atoms with van der Waals surface area (Å²) in [6.45, 7) is 7.27. The van der Waals surface area contributed by atoms with Crippen molar-refractivity contribution in [3.63, 3.8) is 0 Å². The van der Waals surface area contributed by atoms with E-state index in [1.807, 2.05) is 24.4 Å². The molecule has 0 radical (unpaired) electrons. The zero-order valence-corrected chi connectivity index (χ0v) is 20.0. The maximum Gasteiger partial charge on any atom is 0.170 e. The molecule has 1 N–H and O–H groups in total. The zero-order valence-electron chi connectivity index (χ0n) is 19.2. The van der Waals surface area contributed by atoms with Crippen LogP contribution in [0.2, 0.25) is 0 Å². The smallest absolute Gasteiger partial charge is 0.170 e. The summed E-state index contributed by atoms with van der Waals surface area (Å²) in [6, 6.07) is 27.6. The minimum absolute atomic E-state index is 0.0196. The minimum atomic E-state index is -0.0196. The number of benzene rings is 2. The summed E-state index contributed by atoms with van der Waals surface area (Å²) in [7, 11) is 0. The van der Waals surface area contributed by atoms with Crippen molar-refractivity contribution in [3.05, 3.63) is 119 Å². The van der Waals surface area contributed by atoms with Crippen molar-refractivity contribution in [3.8, 4) is 5.69 Å². The Bertz CT molecular complexity index is 1280. The Morgan fingerprint density at radius 2 is 1.70 bits per heavy atom. The van der Waals surface area contributed by atoms with Gasteiger partial charge in [0.2, 0.25) is 0 Å². The van der Waals surface area contributed by atoms with Crippen LogP contribution < -0.4 is 5.32 Å². The molecule has 0 amide bonds. The second-order valence-corrected chi connectivity index (χ2v) is 9.13. The molecule has 166 valence electrons. The second-order valence-electron chi connectivity index (χ2n) is 8.74. The van der Waals surface area contributed by atoms with Crippen LogP contribution in [0.15, 0.2) is 85.1 Å². The van der Waals surface area contributed by atoms with Crippen LogP contribution in [0.4, 0.5) is 0 Å². The summed E-state index contributed by atoms with van der Waals surface area (Å²) in [5, 5.41) is 4.34. The second kappa shape index (κ2) is 8.83. The Kier molecular flexibility index (Phi) is 5.73. The molecule has 1 aliphatic heterocycles. The van der Waals surface area contributed by atoms with Gasteiger partial charge in [0.15, 0.2) is 5.11 Å². The van der Waals surface area contributed by atoms with Gasteiger partial charge >= 0.3 is 0 Å². The molecule has 33 heavy (non-hydrogen) atoms. The van der Waals surface area contributed by atoms with E-state index in [1.54, 1.807) is 0 Å². The van der Waals surface area contributed by atoms with Crippen LogP contribution >= 0.6 is 12.2 Å². The molecule has 2 atom stereocenters. The average Bonchev–Trinajstić information content (AvgIpc) is 3.30. The van der Waals surface area contributed by atoms with Crippen molar-refractivity contribution in [2.24, 2.45) is 0 Å². The molecular weight excluding hydrogens is 424 g/mol. The van der Waals surface area contributed by atoms with Gasteiger partial charge in [-0.3, -0.25) is 4.98 Å². The van der Waals surface area contributed by atoms with Crippen LogP contribution in [0.3, 0.4) is 0 Å². The lowest BCUT2D eigenvalue weighted by Gasteiger charge is -2.28. The highest BCUT2D eigenvalue weighted by atomic mass is 32.1. The van der Waals surface area contributed by atoms with E-state index in [0.717, 1.165) is 17.4 Å². The largest absolute Gasteiger partial charge is 0.352 e. The lowest BCUT2D eigenvalue weighted by molar-refractivity contribution is 0.310. The number of nitrogens with zero attached hydrogens (tertiary/aromatic N) is 3. The van der Waals surface area contributed by atoms with Gasteiger partial charge in [-0.2, -0.15) is 0 Å². The number of aromatic nitrogens is 2. The Hall–Kier alpha value is -3.44. The van der Waals surface area contributed by atoms with Gasteiger partial charge in [-0.1, -0.05) is 48.5 Å². The van der Waals surface area contributed by atoms with Crippen LogP contribution in [0, 0.1) is 20.8 Å². The lowest BCUT2D eigenvalue weighted by Crippen LogP contribution is -2.29. The van der Waals surface area contributed by atoms with Crippen molar-refractivity contribution >= 4 is 17.3 Å². The molecule has 0 unspecified atom stereocenters. The third-order valence-electron chi connectivity index (χ3n) is 6.44. The first-order valence-corrected chi connectivity index (χ1v) is 11.7. The minimum Gasteiger partial charge on any atom is -0.352 e. The number of hydrogen-bond acceptors (Lipinski definition) is 2. The first-order chi connectivity index (χ1) is 16.0. The van der Waals surface area contributed by atoms with Gasteiger partial charge < -0.3 is 14.8 Å². The van der Waals surface area contributed by atoms with Gasteiger partial charge in [0, 0.05) is 29.8 Å². The summed E-state index contributed by atoms with van der Waals surface area (Å²) >= 11 is 5.87. The van der Waals surface area contributed by atoms with E-state index in [1.165, 1.54) is 33.8 Å². The van der Waals surface area contributed by atoms with E-state index < -0.39 is 0 Å². The Balaban J connectivity index is 1.62. The predicted molar refractivity (Wildman–Crippen MR) is 137 cm³/mol. The Labute approximate surface area is 200 Å². The maximum absolute atomic E-state index is 5.87. The van der Waals surface area contributed by atoms with Crippen molar-refractivity contribution < 1.29 is 0 Å². The van der Waals surface area contributed by atoms with Gasteiger partial charge in [0.05, 0.1) is 17.8 Å². The number of thiocarbonyl (C=S) groups is 1. The molecule has 3 heterocycles. The fraction of sp³-hybridized carbons (Fsp3) is 0.214. The first kappa shape index (κ1) is 21.4. The highest BCUT2D eigenvalue weighted by Gasteiger charge is 2.41. The first-order valence-electron chi connectivity index (χ1n) is 11.3. The Morgan fingerprint density at radius 3 is 2.42 bits per heavy atom. The Morgan fingerprint density at radius 1 is 0.909 bits per heavy atom. The summed E-state index contributed by atoms with van der Waals surface area (Å²) in [4.78, 5) is 7.00. The summed E-state index contributed by atoms with van der Waals surface area (Å²) in [5.41, 5.74) is 8.39. The van der Waals surface area contributed by atoms with Gasteiger partial charge in [0.25, 0.3) is 0 Å². The maximum atomic E-state index is 5.87. The summed E-state index contributed by atoms with van der Waals surface area (Å²) < 4.78 is 2.35. The highest BCUT2D eigenvalue weighted by molar-refractivity contribution is 7.80. The number of rotatable bonds is 5. The number of nitrogens with one attached hydrogen (secondary N) is 1. The van der Waals surface area contributed by atoms with Crippen LogP contribution in [0.25, 0.3) is 5.69 Å². The normalized spacial score (nSPS) is 17.9. The zero-order chi connectivity index (χ0) is 22.9. The van der Waals surface area contributed by atoms with Gasteiger partial charge in [-0.15, -0.1) is 0 Å². The van der Waals surface area contributed by atoms with Crippen LogP contribution in [0.1, 0.15) is 45.9 Å². The molecule has 4 nitrogen and oxygen atoms in total. The third kappa shape index (κ3) is 4.05. The molecule has 1 fully saturated rings. The van der Waals surface area contributed by atoms with Gasteiger partial charge in [0.1, 0.15) is 0 Å². The van der Waals surface area contributed by atoms with E-state index in [0.29, 0.717) is 0 Å². The van der Waals surface area contributed by atoms with E-state index in [4.69, 9.17) is 12.2 Å². The molecule has 1 saturated heterocycles. The lowest BCUT2D eigenvalue weighted by atomic mass is 9.96. The number of hydrogen-bond donors (Lipinski definition) is 1. The third-order valence-corrected chi connectivity index (χ3v) is 6.79. The monoisotopic (exact) mass is 452 g/mol. The molecule has 0 saturated carbocycles. The van der Waals surface area contributed by atoms with Crippen LogP contribution in [-0.4, -0.2) is 19.6 Å². The molecular formula is C28H28N4S. The molecule has 2 aromatic carbocycles. The summed E-state index contributed by atoms with van der Waals surface area (Å²) in [6.07, 6.45) is 1.85. The van der Waals surface area contributed by atoms with Crippen molar-refractivity contribution in [2.75, 3.05) is 0 Å². The van der Waals surface area contributed by atoms with E-state index in [-0.39, 0.29) is 12.1 Å². The highest BCUT2D eigenvalue weighted by Crippen LogP contribution is 2.42. The average molecular weight is 453 g/mol. The topological polar surface area (TPSA) is 33.1 Å². The predicted octanol–water partition coefficient (Wildman–Crippen LogP) is 5.97. The van der Waals surface area contributed by atoms with Crippen LogP contribution in [-0.2, 0) is 6.54 Å². The molecule has 0 aliphatic carbocycles.